The lowest BCUT2D eigenvalue weighted by Gasteiger charge is -2.29. The molecule has 0 saturated carbocycles. The lowest BCUT2D eigenvalue weighted by Crippen LogP contribution is -2.43. The van der Waals surface area contributed by atoms with Crippen LogP contribution in [0.5, 0.6) is 0 Å². The Morgan fingerprint density at radius 3 is 0.731 bits per heavy atom. The van der Waals surface area contributed by atoms with Crippen molar-refractivity contribution in [2.45, 2.75) is 53.8 Å². The summed E-state index contributed by atoms with van der Waals surface area (Å²) in [5.41, 5.74) is 0. The third kappa shape index (κ3) is 14.3. The van der Waals surface area contributed by atoms with E-state index >= 15 is 0 Å². The first-order valence-electron chi connectivity index (χ1n) is 14.0. The second-order valence-corrected chi connectivity index (χ2v) is 23.0. The Bertz CT molecular complexity index is 1310. The Morgan fingerprint density at radius 1 is 0.404 bits per heavy atom. The summed E-state index contributed by atoms with van der Waals surface area (Å²) >= 11 is 0. The minimum atomic E-state index is -5.86. The molecule has 0 radical (unpaired) electrons. The van der Waals surface area contributed by atoms with Gasteiger partial charge in [-0.05, 0) is 0 Å². The van der Waals surface area contributed by atoms with Crippen molar-refractivity contribution in [3.05, 3.63) is 0 Å². The molecular formula is C18H42N4O24P6. The van der Waals surface area contributed by atoms with E-state index in [4.69, 9.17) is 0 Å². The summed E-state index contributed by atoms with van der Waals surface area (Å²) in [5, 5.41) is 24.6. The molecule has 34 heteroatoms. The minimum absolute atomic E-state index is 0.217. The van der Waals surface area contributed by atoms with E-state index < -0.39 is 117 Å². The van der Waals surface area contributed by atoms with E-state index in [-0.39, 0.29) is 39.3 Å². The highest BCUT2D eigenvalue weighted by Gasteiger charge is 2.60. The summed E-state index contributed by atoms with van der Waals surface area (Å²) in [4.78, 5) is 148. The second kappa shape index (κ2) is 18.9. The Hall–Kier alpha value is -0.850. The van der Waals surface area contributed by atoms with Crippen LogP contribution in [-0.4, -0.2) is 151 Å². The summed E-state index contributed by atoms with van der Waals surface area (Å²) in [7, 11) is -35.2. The Morgan fingerprint density at radius 2 is 0.577 bits per heavy atom. The van der Waals surface area contributed by atoms with Gasteiger partial charge in [-0.2, -0.15) is 0 Å². The van der Waals surface area contributed by atoms with Crippen LogP contribution in [0, 0.1) is 0 Å². The molecule has 0 aliphatic heterocycles. The number of rotatable bonds is 24. The van der Waals surface area contributed by atoms with Crippen LogP contribution in [0.3, 0.4) is 0 Å². The van der Waals surface area contributed by atoms with Gasteiger partial charge in [0.05, 0.1) is 0 Å². The Kier molecular flexibility index (Phi) is 18.6. The Balaban J connectivity index is 5.53. The number of hydrogen-bond donors (Lipinski definition) is 18. The third-order valence-corrected chi connectivity index (χ3v) is 18.7. The summed E-state index contributed by atoms with van der Waals surface area (Å²) in [6, 6.07) is 0. The molecule has 0 aliphatic rings. The average Bonchev–Trinajstić information content (AvgIpc) is 2.93. The van der Waals surface area contributed by atoms with Crippen LogP contribution in [-0.2, 0) is 41.8 Å². The molecule has 308 valence electrons. The molecular weight excluding hydrogens is 842 g/mol. The number of hydrogen-bond acceptors (Lipinski definition) is 13. The van der Waals surface area contributed by atoms with Gasteiger partial charge in [0.15, 0.2) is 0 Å². The van der Waals surface area contributed by atoms with Gasteiger partial charge in [-0.15, -0.1) is 0 Å². The fraction of sp³-hybridized carbons (Fsp3) is 0.833. The topological polar surface area (TPSA) is 496 Å². The summed E-state index contributed by atoms with van der Waals surface area (Å²) in [6.07, 6.45) is -7.17. The first kappa shape index (κ1) is 51.1. The van der Waals surface area contributed by atoms with Crippen molar-refractivity contribution in [2.24, 2.45) is 0 Å². The van der Waals surface area contributed by atoms with Gasteiger partial charge >= 0.3 is 45.6 Å². The zero-order chi connectivity index (χ0) is 41.4. The van der Waals surface area contributed by atoms with E-state index in [9.17, 15) is 116 Å². The van der Waals surface area contributed by atoms with E-state index in [1.165, 1.54) is 4.90 Å². The van der Waals surface area contributed by atoms with Crippen LogP contribution in [0.25, 0.3) is 0 Å². The standard InChI is InChI=1S/C18H42N4O24P6/c23-13(1-4-16(26,47(29,30)31)48(32,33)34)19-7-10-22(11-8-20-14(24)2-5-17(27,49(35,36)37)50(38,39)40)12-9-21-15(25)3-6-18(28,51(41,42)43)52(44,45)46/h26-28H,1-12H2,(H,19,23)(H,20,24)(H,21,25)(H2,29,30,31)(H2,32,33,34)(H2,35,36,37)(H2,38,39,40)(H2,41,42,43)(H2,44,45,46). The molecule has 18 N–H and O–H groups in total. The van der Waals surface area contributed by atoms with Crippen molar-refractivity contribution in [3.63, 3.8) is 0 Å². The van der Waals surface area contributed by atoms with Crippen molar-refractivity contribution in [3.8, 4) is 0 Å². The largest absolute Gasteiger partial charge is 0.369 e. The molecule has 0 rings (SSSR count). The van der Waals surface area contributed by atoms with Crippen LogP contribution >= 0.6 is 45.6 Å². The first-order valence-corrected chi connectivity index (χ1v) is 23.7. The van der Waals surface area contributed by atoms with E-state index in [2.05, 4.69) is 16.0 Å². The number of nitrogens with one attached hydrogen (secondary N) is 3. The monoisotopic (exact) mass is 884 g/mol. The predicted molar refractivity (Wildman–Crippen MR) is 170 cm³/mol. The van der Waals surface area contributed by atoms with Crippen LogP contribution in [0.2, 0.25) is 0 Å². The van der Waals surface area contributed by atoms with Gasteiger partial charge in [0.25, 0.3) is 15.2 Å². The zero-order valence-corrected chi connectivity index (χ0v) is 31.9. The van der Waals surface area contributed by atoms with Crippen molar-refractivity contribution in [2.75, 3.05) is 39.3 Å². The molecule has 0 unspecified atom stereocenters. The van der Waals surface area contributed by atoms with Gasteiger partial charge in [0.2, 0.25) is 17.7 Å². The van der Waals surface area contributed by atoms with Crippen LogP contribution in [0.4, 0.5) is 0 Å². The Labute approximate surface area is 293 Å². The molecule has 0 saturated heterocycles. The number of aliphatic hydroxyl groups is 3. The van der Waals surface area contributed by atoms with E-state index in [0.717, 1.165) is 0 Å². The maximum atomic E-state index is 12.2. The highest BCUT2D eigenvalue weighted by molar-refractivity contribution is 7.73. The van der Waals surface area contributed by atoms with Crippen LogP contribution in [0.1, 0.15) is 38.5 Å². The molecule has 0 bridgehead atoms. The minimum Gasteiger partial charge on any atom is -0.368 e. The van der Waals surface area contributed by atoms with E-state index in [0.29, 0.717) is 0 Å². The molecule has 0 aromatic rings. The van der Waals surface area contributed by atoms with Crippen LogP contribution < -0.4 is 16.0 Å². The number of nitrogens with zero attached hydrogens (tertiary/aromatic N) is 1. The second-order valence-electron chi connectivity index (χ2n) is 11.0. The number of carbonyl (C=O) groups excluding carboxylic acids is 3. The van der Waals surface area contributed by atoms with Gasteiger partial charge in [0.1, 0.15) is 0 Å². The molecule has 52 heavy (non-hydrogen) atoms. The van der Waals surface area contributed by atoms with E-state index in [1.807, 2.05) is 0 Å². The third-order valence-electron chi connectivity index (χ3n) is 7.11. The average molecular weight is 884 g/mol. The summed E-state index contributed by atoms with van der Waals surface area (Å²) in [6.45, 7) is -1.73. The van der Waals surface area contributed by atoms with Crippen molar-refractivity contribution in [1.29, 1.82) is 0 Å². The van der Waals surface area contributed by atoms with Gasteiger partial charge in [-0.25, -0.2) is 0 Å². The fourth-order valence-corrected chi connectivity index (χ4v) is 10.4. The van der Waals surface area contributed by atoms with Crippen LogP contribution in [0.15, 0.2) is 0 Å². The number of amides is 3. The lowest BCUT2D eigenvalue weighted by atomic mass is 10.3. The molecule has 3 amide bonds. The number of carbonyl (C=O) groups is 3. The molecule has 0 heterocycles. The summed E-state index contributed by atoms with van der Waals surface area (Å²) in [5.74, 6) is -3.23. The molecule has 0 fully saturated rings. The summed E-state index contributed by atoms with van der Waals surface area (Å²) < 4.78 is 68.8. The fourth-order valence-electron chi connectivity index (χ4n) is 3.89. The normalized spacial score (nSPS) is 14.3. The lowest BCUT2D eigenvalue weighted by molar-refractivity contribution is -0.122. The van der Waals surface area contributed by atoms with Gasteiger partial charge < -0.3 is 90.0 Å². The zero-order valence-electron chi connectivity index (χ0n) is 26.5. The van der Waals surface area contributed by atoms with Gasteiger partial charge in [-0.1, -0.05) is 0 Å². The smallest absolute Gasteiger partial charge is 0.368 e. The molecule has 0 spiro atoms. The van der Waals surface area contributed by atoms with Crippen molar-refractivity contribution < 1.29 is 116 Å². The SMILES string of the molecule is O=C(CCC(O)(P(=O)(O)O)P(=O)(O)O)NCCN(CCNC(=O)CCC(O)(P(=O)(O)O)P(=O)(O)O)CCNC(=O)CCC(O)(P(=O)(O)O)P(=O)(O)O. The molecule has 0 atom stereocenters. The quantitative estimate of drug-likeness (QED) is 0.0403. The molecule has 0 aromatic heterocycles. The van der Waals surface area contributed by atoms with Gasteiger partial charge in [-0.3, -0.25) is 46.7 Å². The molecule has 28 nitrogen and oxygen atoms in total. The predicted octanol–water partition coefficient (Wildman–Crippen LogP) is -5.02. The van der Waals surface area contributed by atoms with Crippen molar-refractivity contribution >= 4 is 63.3 Å². The maximum Gasteiger partial charge on any atom is 0.369 e. The molecule has 0 aliphatic carbocycles. The highest BCUT2D eigenvalue weighted by Crippen LogP contribution is 2.71. The van der Waals surface area contributed by atoms with Crippen molar-refractivity contribution in [1.82, 2.24) is 20.9 Å². The first-order chi connectivity index (χ1) is 23.0. The maximum absolute atomic E-state index is 12.2. The van der Waals surface area contributed by atoms with Gasteiger partial charge in [0, 0.05) is 77.8 Å². The highest BCUT2D eigenvalue weighted by atomic mass is 31.3. The van der Waals surface area contributed by atoms with E-state index in [1.54, 1.807) is 0 Å². The molecule has 0 aromatic carbocycles.